The van der Waals surface area contributed by atoms with Crippen molar-refractivity contribution in [1.29, 1.82) is 0 Å². The number of para-hydroxylation sites is 2. The highest BCUT2D eigenvalue weighted by molar-refractivity contribution is 5.94. The summed E-state index contributed by atoms with van der Waals surface area (Å²) in [5.74, 6) is 0. The van der Waals surface area contributed by atoms with E-state index in [-0.39, 0.29) is 10.6 Å². The van der Waals surface area contributed by atoms with Gasteiger partial charge in [-0.2, -0.15) is 0 Å². The second-order valence-electron chi connectivity index (χ2n) is 8.04. The van der Waals surface area contributed by atoms with Crippen LogP contribution < -0.4 is 0 Å². The molecule has 0 amide bonds. The molecule has 0 aliphatic heterocycles. The molecule has 0 fully saturated rings. The molecule has 2 heterocycles. The molecule has 5 aromatic rings. The Kier molecular flexibility index (Phi) is 3.90. The zero-order chi connectivity index (χ0) is 20.9. The Morgan fingerprint density at radius 3 is 2.55 bits per heavy atom. The van der Waals surface area contributed by atoms with E-state index >= 15 is 0 Å². The molecule has 150 valence electrons. The van der Waals surface area contributed by atoms with Crippen molar-refractivity contribution >= 4 is 27.5 Å². The van der Waals surface area contributed by atoms with Crippen molar-refractivity contribution in [3.05, 3.63) is 106 Å². The van der Waals surface area contributed by atoms with Gasteiger partial charge in [0.1, 0.15) is 0 Å². The van der Waals surface area contributed by atoms with Crippen molar-refractivity contribution in [2.24, 2.45) is 0 Å². The van der Waals surface area contributed by atoms with E-state index in [1.54, 1.807) is 12.1 Å². The summed E-state index contributed by atoms with van der Waals surface area (Å²) >= 11 is 0. The van der Waals surface area contributed by atoms with Gasteiger partial charge >= 0.3 is 0 Å². The molecule has 31 heavy (non-hydrogen) atoms. The smallest absolute Gasteiger partial charge is 0.269 e. The summed E-state index contributed by atoms with van der Waals surface area (Å²) in [6, 6.07) is 25.9. The lowest BCUT2D eigenvalue weighted by molar-refractivity contribution is -0.384. The van der Waals surface area contributed by atoms with Crippen molar-refractivity contribution in [3.63, 3.8) is 0 Å². The number of non-ortho nitro benzene ring substituents is 1. The summed E-state index contributed by atoms with van der Waals surface area (Å²) in [6.45, 7) is 0.641. The Morgan fingerprint density at radius 2 is 1.71 bits per heavy atom. The van der Waals surface area contributed by atoms with Crippen molar-refractivity contribution in [3.8, 4) is 11.4 Å². The van der Waals surface area contributed by atoms with E-state index in [2.05, 4.69) is 53.1 Å². The molecule has 3 aromatic carbocycles. The summed E-state index contributed by atoms with van der Waals surface area (Å²) in [7, 11) is 0. The number of nitro benzene ring substituents is 1. The molecule has 5 nitrogen and oxygen atoms in total. The molecule has 1 aliphatic rings. The number of hydrogen-bond donors (Lipinski definition) is 0. The Hall–Kier alpha value is -3.99. The van der Waals surface area contributed by atoms with E-state index in [0.29, 0.717) is 6.54 Å². The van der Waals surface area contributed by atoms with Crippen LogP contribution in [0.5, 0.6) is 0 Å². The summed E-state index contributed by atoms with van der Waals surface area (Å²) in [5.41, 5.74) is 8.16. The van der Waals surface area contributed by atoms with E-state index < -0.39 is 0 Å². The zero-order valence-electron chi connectivity index (χ0n) is 16.8. The fraction of sp³-hybridized carbons (Fsp3) is 0.115. The molecular weight excluding hydrogens is 386 g/mol. The summed E-state index contributed by atoms with van der Waals surface area (Å²) in [4.78, 5) is 15.8. The fourth-order valence-corrected chi connectivity index (χ4v) is 4.78. The quantitative estimate of drug-likeness (QED) is 0.277. The van der Waals surface area contributed by atoms with Crippen molar-refractivity contribution < 1.29 is 4.92 Å². The third-order valence-electron chi connectivity index (χ3n) is 6.24. The number of aryl methyl sites for hydroxylation is 2. The number of hydrogen-bond acceptors (Lipinski definition) is 3. The molecule has 6 rings (SSSR count). The number of nitrogens with zero attached hydrogens (tertiary/aromatic N) is 3. The average Bonchev–Trinajstić information content (AvgIpc) is 3.12. The highest BCUT2D eigenvalue weighted by Crippen LogP contribution is 2.40. The van der Waals surface area contributed by atoms with Crippen LogP contribution in [0.3, 0.4) is 0 Å². The van der Waals surface area contributed by atoms with Crippen LogP contribution in [0.4, 0.5) is 5.69 Å². The molecule has 0 radical (unpaired) electrons. The van der Waals surface area contributed by atoms with E-state index in [0.717, 1.165) is 29.6 Å². The molecule has 0 bridgehead atoms. The van der Waals surface area contributed by atoms with Gasteiger partial charge in [-0.25, -0.2) is 4.98 Å². The fourth-order valence-electron chi connectivity index (χ4n) is 4.78. The van der Waals surface area contributed by atoms with E-state index in [9.17, 15) is 10.1 Å². The van der Waals surface area contributed by atoms with Crippen molar-refractivity contribution in [1.82, 2.24) is 9.55 Å². The zero-order valence-corrected chi connectivity index (χ0v) is 16.8. The minimum atomic E-state index is -0.359. The summed E-state index contributed by atoms with van der Waals surface area (Å²) < 4.78 is 2.32. The first-order valence-corrected chi connectivity index (χ1v) is 10.4. The second-order valence-corrected chi connectivity index (χ2v) is 8.04. The molecule has 5 heteroatoms. The highest BCUT2D eigenvalue weighted by atomic mass is 16.6. The number of aromatic nitrogens is 2. The van der Waals surface area contributed by atoms with Gasteiger partial charge in [0, 0.05) is 35.0 Å². The number of nitro groups is 1. The van der Waals surface area contributed by atoms with Gasteiger partial charge in [0.15, 0.2) is 0 Å². The van der Waals surface area contributed by atoms with E-state index in [1.165, 1.54) is 33.1 Å². The second kappa shape index (κ2) is 6.77. The van der Waals surface area contributed by atoms with Crippen LogP contribution in [-0.4, -0.2) is 14.5 Å². The van der Waals surface area contributed by atoms with Crippen LogP contribution in [0.25, 0.3) is 33.2 Å². The van der Waals surface area contributed by atoms with Gasteiger partial charge in [-0.15, -0.1) is 0 Å². The van der Waals surface area contributed by atoms with Gasteiger partial charge in [-0.3, -0.25) is 10.1 Å². The maximum atomic E-state index is 11.0. The number of fused-ring (bicyclic) bond motifs is 6. The van der Waals surface area contributed by atoms with Crippen molar-refractivity contribution in [2.45, 2.75) is 19.4 Å². The largest absolute Gasteiger partial charge is 0.334 e. The van der Waals surface area contributed by atoms with Crippen LogP contribution >= 0.6 is 0 Å². The van der Waals surface area contributed by atoms with Gasteiger partial charge < -0.3 is 4.57 Å². The number of pyridine rings is 1. The molecule has 0 saturated carbocycles. The molecule has 1 aliphatic carbocycles. The summed E-state index contributed by atoms with van der Waals surface area (Å²) in [5, 5.41) is 13.5. The lowest BCUT2D eigenvalue weighted by atomic mass is 9.91. The Labute approximate surface area is 178 Å². The van der Waals surface area contributed by atoms with Crippen LogP contribution in [0.15, 0.2) is 78.9 Å². The molecular formula is C26H19N3O2. The van der Waals surface area contributed by atoms with Crippen LogP contribution in [0, 0.1) is 10.1 Å². The maximum Gasteiger partial charge on any atom is 0.269 e. The third kappa shape index (κ3) is 2.81. The molecule has 2 aromatic heterocycles. The standard InChI is InChI=1S/C26H19N3O2/c30-29(31)20-12-9-17(10-13-20)16-28-24-8-4-2-6-21(24)22-14-11-19-15-18-5-1-3-7-23(18)27-25(19)26(22)28/h1-10,12-13,15H,11,14,16H2. The molecule has 0 saturated heterocycles. The predicted molar refractivity (Wildman–Crippen MR) is 122 cm³/mol. The topological polar surface area (TPSA) is 61.0 Å². The SMILES string of the molecule is O=[N+]([O-])c1ccc(Cn2c3c(c4ccccc42)CCc2cc4ccccc4nc2-3)cc1. The normalized spacial score (nSPS) is 12.6. The lowest BCUT2D eigenvalue weighted by Crippen LogP contribution is -2.10. The summed E-state index contributed by atoms with van der Waals surface area (Å²) in [6.07, 6.45) is 1.96. The Balaban J connectivity index is 1.57. The van der Waals surface area contributed by atoms with E-state index in [4.69, 9.17) is 4.98 Å². The molecule has 0 atom stereocenters. The average molecular weight is 405 g/mol. The van der Waals surface area contributed by atoms with Gasteiger partial charge in [-0.05, 0) is 47.7 Å². The number of benzene rings is 3. The monoisotopic (exact) mass is 405 g/mol. The minimum absolute atomic E-state index is 0.113. The first kappa shape index (κ1) is 17.8. The van der Waals surface area contributed by atoms with Gasteiger partial charge in [0.05, 0.1) is 21.8 Å². The van der Waals surface area contributed by atoms with Crippen molar-refractivity contribution in [2.75, 3.05) is 0 Å². The first-order chi connectivity index (χ1) is 15.2. The first-order valence-electron chi connectivity index (χ1n) is 10.4. The Morgan fingerprint density at radius 1 is 0.935 bits per heavy atom. The molecule has 0 unspecified atom stereocenters. The Bertz CT molecular complexity index is 1480. The maximum absolute atomic E-state index is 11.0. The predicted octanol–water partition coefficient (Wildman–Crippen LogP) is 5.91. The van der Waals surface area contributed by atoms with E-state index in [1.807, 2.05) is 18.2 Å². The van der Waals surface area contributed by atoms with Crippen LogP contribution in [0.2, 0.25) is 0 Å². The van der Waals surface area contributed by atoms with Crippen LogP contribution in [0.1, 0.15) is 16.7 Å². The van der Waals surface area contributed by atoms with Crippen LogP contribution in [-0.2, 0) is 19.4 Å². The van der Waals surface area contributed by atoms with Gasteiger partial charge in [-0.1, -0.05) is 48.5 Å². The third-order valence-corrected chi connectivity index (χ3v) is 6.24. The molecule has 0 spiro atoms. The number of rotatable bonds is 3. The molecule has 0 N–H and O–H groups in total. The highest BCUT2D eigenvalue weighted by Gasteiger charge is 2.26. The van der Waals surface area contributed by atoms with Gasteiger partial charge in [0.2, 0.25) is 0 Å². The lowest BCUT2D eigenvalue weighted by Gasteiger charge is -2.20. The minimum Gasteiger partial charge on any atom is -0.334 e. The van der Waals surface area contributed by atoms with Gasteiger partial charge in [0.25, 0.3) is 5.69 Å².